The van der Waals surface area contributed by atoms with Crippen LogP contribution in [0.1, 0.15) is 52.7 Å². The number of hydrogen-bond acceptors (Lipinski definition) is 1. The molecule has 13 aromatic rings. The highest BCUT2D eigenvalue weighted by molar-refractivity contribution is 6.40. The molecule has 0 spiro atoms. The fourth-order valence-corrected chi connectivity index (χ4v) is 10.9. The van der Waals surface area contributed by atoms with Gasteiger partial charge in [-0.2, -0.15) is 0 Å². The van der Waals surface area contributed by atoms with Gasteiger partial charge in [-0.05, 0) is 111 Å². The summed E-state index contributed by atoms with van der Waals surface area (Å²) in [5, 5.41) is 15.6. The molecule has 0 aliphatic rings. The van der Waals surface area contributed by atoms with Crippen LogP contribution in [-0.2, 0) is 10.8 Å². The highest BCUT2D eigenvalue weighted by atomic mass is 15.2. The maximum absolute atomic E-state index is 2.63. The zero-order valence-corrected chi connectivity index (χ0v) is 35.4. The van der Waals surface area contributed by atoms with Gasteiger partial charge in [0.05, 0.1) is 38.8 Å². The van der Waals surface area contributed by atoms with Gasteiger partial charge in [-0.3, -0.25) is 0 Å². The maximum atomic E-state index is 2.63. The Labute approximate surface area is 354 Å². The number of nitrogens with zero attached hydrogens (tertiary/aromatic N) is 3. The molecule has 0 saturated heterocycles. The number of benzene rings is 9. The molecule has 61 heavy (non-hydrogen) atoms. The largest absolute Gasteiger partial charge is 0.308 e. The summed E-state index contributed by atoms with van der Waals surface area (Å²) in [5.74, 6) is 0. The Hall–Kier alpha value is -7.10. The number of para-hydroxylation sites is 2. The average Bonchev–Trinajstić information content (AvgIpc) is 3.99. The van der Waals surface area contributed by atoms with Crippen LogP contribution >= 0.6 is 0 Å². The molecule has 0 bridgehead atoms. The topological polar surface area (TPSA) is 12.1 Å². The smallest absolute Gasteiger partial charge is 0.0789 e. The van der Waals surface area contributed by atoms with Gasteiger partial charge in [0.25, 0.3) is 0 Å². The first-order chi connectivity index (χ1) is 29.6. The Kier molecular flexibility index (Phi) is 6.72. The molecule has 9 aromatic carbocycles. The highest BCUT2D eigenvalue weighted by Crippen LogP contribution is 2.53. The van der Waals surface area contributed by atoms with Gasteiger partial charge in [-0.25, -0.2) is 0 Å². The van der Waals surface area contributed by atoms with Crippen LogP contribution in [-0.4, -0.2) is 8.80 Å². The van der Waals surface area contributed by atoms with E-state index in [1.54, 1.807) is 0 Å². The molecule has 4 heterocycles. The molecular formula is C58H45N3. The second-order valence-electron chi connectivity index (χ2n) is 19.4. The second kappa shape index (κ2) is 11.8. The van der Waals surface area contributed by atoms with Crippen LogP contribution in [0.2, 0.25) is 0 Å². The first-order valence-electron chi connectivity index (χ1n) is 21.7. The molecule has 0 aliphatic carbocycles. The van der Waals surface area contributed by atoms with Crippen LogP contribution in [0.15, 0.2) is 164 Å². The van der Waals surface area contributed by atoms with E-state index in [0.717, 1.165) is 11.4 Å². The molecular weight excluding hydrogens is 739 g/mol. The lowest BCUT2D eigenvalue weighted by atomic mass is 9.84. The van der Waals surface area contributed by atoms with Crippen molar-refractivity contribution in [1.29, 1.82) is 0 Å². The highest BCUT2D eigenvalue weighted by Gasteiger charge is 2.30. The summed E-state index contributed by atoms with van der Waals surface area (Å²) in [6.45, 7) is 14.0. The Morgan fingerprint density at radius 1 is 0.344 bits per heavy atom. The van der Waals surface area contributed by atoms with Crippen LogP contribution in [0.5, 0.6) is 0 Å². The average molecular weight is 784 g/mol. The first-order valence-corrected chi connectivity index (χ1v) is 21.7. The number of fused-ring (bicyclic) bond motifs is 16. The van der Waals surface area contributed by atoms with Gasteiger partial charge in [0, 0.05) is 59.9 Å². The minimum Gasteiger partial charge on any atom is -0.308 e. The van der Waals surface area contributed by atoms with Crippen LogP contribution in [0.4, 0.5) is 17.1 Å². The lowest BCUT2D eigenvalue weighted by Gasteiger charge is -2.28. The molecule has 0 amide bonds. The summed E-state index contributed by atoms with van der Waals surface area (Å²) >= 11 is 0. The third-order valence-corrected chi connectivity index (χ3v) is 13.8. The summed E-state index contributed by atoms with van der Waals surface area (Å²) in [4.78, 5) is 2.49. The lowest BCUT2D eigenvalue weighted by molar-refractivity contribution is 0.590. The normalized spacial score (nSPS) is 13.1. The zero-order chi connectivity index (χ0) is 41.1. The molecule has 0 N–H and O–H groups in total. The Balaban J connectivity index is 1.29. The van der Waals surface area contributed by atoms with Crippen LogP contribution in [0.25, 0.3) is 97.7 Å². The van der Waals surface area contributed by atoms with E-state index >= 15 is 0 Å². The van der Waals surface area contributed by atoms with Crippen LogP contribution in [0, 0.1) is 0 Å². The molecule has 0 fully saturated rings. The monoisotopic (exact) mass is 783 g/mol. The van der Waals surface area contributed by atoms with Crippen molar-refractivity contribution in [1.82, 2.24) is 8.80 Å². The standard InChI is InChI=1S/C58H45N3/c1-57(2,3)36-25-26-47-42(31-36)43-32-37(58(4,5)6)33-46-52-48(60(47)53(43)46)27-28-49-51(52)45-29-34-17-13-15-23-40(34)50-44-30-35-18-14-16-24-41(35)55(56(44)61(49)54(45)50)59(38-19-9-7-10-20-38)39-21-11-8-12-22-39/h7-33H,1-6H3. The number of hydrogen-bond donors (Lipinski definition) is 0. The predicted molar refractivity (Wildman–Crippen MR) is 263 cm³/mol. The molecule has 4 aromatic heterocycles. The summed E-state index contributed by atoms with van der Waals surface area (Å²) in [6.07, 6.45) is 0. The van der Waals surface area contributed by atoms with E-state index in [1.807, 2.05) is 0 Å². The molecule has 13 rings (SSSR count). The molecule has 0 unspecified atom stereocenters. The quantitative estimate of drug-likeness (QED) is 0.174. The summed E-state index contributed by atoms with van der Waals surface area (Å²) in [5.41, 5.74) is 13.8. The van der Waals surface area contributed by atoms with Gasteiger partial charge in [-0.15, -0.1) is 0 Å². The second-order valence-corrected chi connectivity index (χ2v) is 19.4. The van der Waals surface area contributed by atoms with Gasteiger partial charge in [0.2, 0.25) is 0 Å². The third-order valence-electron chi connectivity index (χ3n) is 13.8. The van der Waals surface area contributed by atoms with Crippen molar-refractivity contribution < 1.29 is 0 Å². The van der Waals surface area contributed by atoms with Crippen molar-refractivity contribution in [3.05, 3.63) is 175 Å². The third kappa shape index (κ3) is 4.58. The fraction of sp³-hybridized carbons (Fsp3) is 0.138. The van der Waals surface area contributed by atoms with Crippen molar-refractivity contribution in [2.24, 2.45) is 0 Å². The lowest BCUT2D eigenvalue weighted by Crippen LogP contribution is -2.11. The fourth-order valence-electron chi connectivity index (χ4n) is 10.9. The van der Waals surface area contributed by atoms with E-state index in [2.05, 4.69) is 219 Å². The van der Waals surface area contributed by atoms with Crippen molar-refractivity contribution in [2.45, 2.75) is 52.4 Å². The SMILES string of the molecule is CC(C)(C)c1ccc2c(c1)c1cc(C(C)(C)C)cc3c4c5c6cc7ccccc7c7c8cc9ccccc9c(N(c9ccccc9)c9ccccc9)c8n(c5ccc4n2c13)c67. The van der Waals surface area contributed by atoms with Gasteiger partial charge in [0.1, 0.15) is 0 Å². The molecule has 3 heteroatoms. The molecule has 0 radical (unpaired) electrons. The first kappa shape index (κ1) is 34.7. The zero-order valence-electron chi connectivity index (χ0n) is 35.4. The van der Waals surface area contributed by atoms with Gasteiger partial charge in [0.15, 0.2) is 0 Å². The van der Waals surface area contributed by atoms with E-state index < -0.39 is 0 Å². The molecule has 3 nitrogen and oxygen atoms in total. The van der Waals surface area contributed by atoms with Crippen molar-refractivity contribution in [2.75, 3.05) is 4.90 Å². The van der Waals surface area contributed by atoms with E-state index in [-0.39, 0.29) is 10.8 Å². The predicted octanol–water partition coefficient (Wildman–Crippen LogP) is 16.4. The van der Waals surface area contributed by atoms with Crippen LogP contribution < -0.4 is 4.90 Å². The minimum absolute atomic E-state index is 0.0343. The molecule has 0 atom stereocenters. The summed E-state index contributed by atoms with van der Waals surface area (Å²) in [7, 11) is 0. The van der Waals surface area contributed by atoms with E-state index in [0.29, 0.717) is 0 Å². The van der Waals surface area contributed by atoms with E-state index in [1.165, 1.54) is 115 Å². The number of rotatable bonds is 3. The van der Waals surface area contributed by atoms with Gasteiger partial charge in [-0.1, -0.05) is 133 Å². The molecule has 292 valence electrons. The maximum Gasteiger partial charge on any atom is 0.0789 e. The van der Waals surface area contributed by atoms with Gasteiger partial charge < -0.3 is 13.7 Å². The Morgan fingerprint density at radius 3 is 1.48 bits per heavy atom. The molecule has 0 saturated carbocycles. The Morgan fingerprint density at radius 2 is 0.836 bits per heavy atom. The van der Waals surface area contributed by atoms with Crippen molar-refractivity contribution in [3.8, 4) is 0 Å². The molecule has 0 aliphatic heterocycles. The van der Waals surface area contributed by atoms with Gasteiger partial charge >= 0.3 is 0 Å². The summed E-state index contributed by atoms with van der Waals surface area (Å²) in [6, 6.07) is 61.8. The van der Waals surface area contributed by atoms with E-state index in [4.69, 9.17) is 0 Å². The van der Waals surface area contributed by atoms with Crippen molar-refractivity contribution in [3.63, 3.8) is 0 Å². The summed E-state index contributed by atoms with van der Waals surface area (Å²) < 4.78 is 5.21. The number of anilines is 3. The minimum atomic E-state index is -0.0343. The Bertz CT molecular complexity index is 3890. The van der Waals surface area contributed by atoms with Crippen molar-refractivity contribution >= 4 is 115 Å². The van der Waals surface area contributed by atoms with E-state index in [9.17, 15) is 0 Å². The van der Waals surface area contributed by atoms with Crippen LogP contribution in [0.3, 0.4) is 0 Å². The number of aromatic nitrogens is 2.